The van der Waals surface area contributed by atoms with Crippen LogP contribution in [0.1, 0.15) is 260 Å². The summed E-state index contributed by atoms with van der Waals surface area (Å²) in [5, 5.41) is 22.0. The first kappa shape index (κ1) is 69.2. The summed E-state index contributed by atoms with van der Waals surface area (Å²) in [7, 11) is 0. The first-order valence-electron chi connectivity index (χ1n) is 48.6. The van der Waals surface area contributed by atoms with Crippen molar-refractivity contribution < 1.29 is 143 Å². The Balaban J connectivity index is 0.000000320. The predicted octanol–water partition coefficient (Wildman–Crippen LogP) is -0.517. The molecule has 0 radical (unpaired) electrons. The van der Waals surface area contributed by atoms with E-state index in [9.17, 15) is 95.9 Å². The van der Waals surface area contributed by atoms with Crippen molar-refractivity contribution in [2.45, 2.75) is 257 Å². The average molecular weight is 1700 g/mol. The van der Waals surface area contributed by atoms with Gasteiger partial charge in [-0.2, -0.15) is 0 Å². The molecule has 0 aliphatic carbocycles. The largest absolute Gasteiger partial charge is 0.355 e. The second kappa shape index (κ2) is 53.3. The Morgan fingerprint density at radius 2 is 0.457 bits per heavy atom. The van der Waals surface area contributed by atoms with Gasteiger partial charge in [0.05, 0.1) is 51.9 Å². The van der Waals surface area contributed by atoms with E-state index in [-0.39, 0.29) is 255 Å². The second-order valence-corrected chi connectivity index (χ2v) is 27.6. The molecule has 0 aromatic rings. The minimum atomic E-state index is -2.74. The number of amides is 16. The van der Waals surface area contributed by atoms with Crippen LogP contribution in [-0.4, -0.2) is 287 Å². The molecule has 0 aromatic carbocycles. The van der Waals surface area contributed by atoms with Gasteiger partial charge in [-0.05, 0) is 103 Å². The number of carbonyl (C=O) groups is 20. The summed E-state index contributed by atoms with van der Waals surface area (Å²) in [6.07, 6.45) is -6.02. The SMILES string of the molecule is [2H]C([2H])([2H])[13C]([2H])([2H])[13CH2][13CH]1[13CH2][13CH2][13CH2]N1[13CH2][13C](=O)NCCC(=O)NCC[13C](=O)ON1C(=O)CCC1=O.[2H]C([2H])([2H])[13C]([2H])([2H])[13CH2][13CH]1[13CH2][13CH2][13CH2][15N]1[13CH2]C(=O)NCCC(=O)NCC[13C](=O)ON1C(=O)CCC1=O.[2H][13C]([2H])([2H])[13C]([2H])([2H])[13CH2][13CH]1[13CH2][13CH2][13CH2]N1[13CH2]C(=O)NCCC(=O)NCC[13C](=O)ON1C(=O)CCC1=O.[2H][13C]([2H])([2H])[13C]([2H])([2H])[13CH2][13CH]1[13CH2][13CH2][13CH2][15N]1[13CH2]C(=O)NCCC(=O)NCCC(=O)ON1C(=O)CCC1=O. The van der Waals surface area contributed by atoms with Gasteiger partial charge in [0, 0.05) is 181 Å². The van der Waals surface area contributed by atoms with E-state index >= 15 is 0 Å². The molecule has 40 nitrogen and oxygen atoms in total. The van der Waals surface area contributed by atoms with E-state index in [0.29, 0.717) is 72.1 Å². The van der Waals surface area contributed by atoms with Gasteiger partial charge in [0.15, 0.2) is 0 Å². The number of hydrogen-bond donors (Lipinski definition) is 8. The van der Waals surface area contributed by atoms with Crippen molar-refractivity contribution in [1.29, 1.82) is 0 Å². The highest BCUT2D eigenvalue weighted by atomic mass is 16.8. The number of nitrogens with one attached hydrogen (secondary N) is 8. The molecule has 0 aromatic heterocycles. The molecular weight excluding hydrogens is 1560 g/mol. The Kier molecular flexibility index (Phi) is 31.8. The number of imide groups is 4. The fourth-order valence-electron chi connectivity index (χ4n) is 12.8. The first-order valence-corrected chi connectivity index (χ1v) is 38.6. The van der Waals surface area contributed by atoms with E-state index in [1.807, 2.05) is 0 Å². The molecule has 8 aliphatic rings. The molecule has 116 heavy (non-hydrogen) atoms. The molecule has 0 bridgehead atoms. The molecule has 16 amide bonds. The monoisotopic (exact) mass is 1700 g/mol. The highest BCUT2D eigenvalue weighted by Crippen LogP contribution is 2.25. The lowest BCUT2D eigenvalue weighted by atomic mass is 10.3. The van der Waals surface area contributed by atoms with Crippen molar-refractivity contribution in [2.24, 2.45) is 0 Å². The molecule has 648 valence electrons. The number of hydroxylamine groups is 8. The van der Waals surface area contributed by atoms with Crippen LogP contribution in [0.2, 0.25) is 0 Å². The van der Waals surface area contributed by atoms with Crippen LogP contribution in [0, 0.1) is 0 Å². The van der Waals surface area contributed by atoms with Crippen molar-refractivity contribution in [3.8, 4) is 0 Å². The normalized spacial score (nSPS) is 23.0. The summed E-state index contributed by atoms with van der Waals surface area (Å²) in [4.78, 5) is 260. The summed E-state index contributed by atoms with van der Waals surface area (Å²) in [5.41, 5.74) is 0. The van der Waals surface area contributed by atoms with Crippen LogP contribution >= 0.6 is 0 Å². The van der Waals surface area contributed by atoms with Gasteiger partial charge >= 0.3 is 23.9 Å². The Morgan fingerprint density at radius 3 is 0.638 bits per heavy atom. The molecule has 40 heteroatoms. The Morgan fingerprint density at radius 1 is 0.284 bits per heavy atom. The average Bonchev–Trinajstić information content (AvgIpc) is 1.56. The van der Waals surface area contributed by atoms with Crippen LogP contribution in [0.15, 0.2) is 0 Å². The van der Waals surface area contributed by atoms with Gasteiger partial charge in [0.1, 0.15) is 0 Å². The van der Waals surface area contributed by atoms with Crippen LogP contribution in [0.4, 0.5) is 0 Å². The zero-order chi connectivity index (χ0) is 102. The van der Waals surface area contributed by atoms with E-state index < -0.39 is 148 Å². The third-order valence-corrected chi connectivity index (χ3v) is 18.8. The lowest BCUT2D eigenvalue weighted by Gasteiger charge is -2.23. The van der Waals surface area contributed by atoms with Crippen molar-refractivity contribution in [3.05, 3.63) is 0 Å². The number of rotatable bonds is 44. The van der Waals surface area contributed by atoms with Crippen LogP contribution in [0.3, 0.4) is 0 Å². The molecule has 8 saturated heterocycles. The van der Waals surface area contributed by atoms with Gasteiger partial charge in [-0.1, -0.05) is 52.9 Å². The molecule has 4 atom stereocenters. The molecule has 8 rings (SSSR count). The minimum Gasteiger partial charge on any atom is -0.355 e. The van der Waals surface area contributed by atoms with Crippen LogP contribution in [0.5, 0.6) is 0 Å². The van der Waals surface area contributed by atoms with Gasteiger partial charge in [-0.15, -0.1) is 20.3 Å². The van der Waals surface area contributed by atoms with Gasteiger partial charge in [0.2, 0.25) is 47.3 Å². The van der Waals surface area contributed by atoms with Gasteiger partial charge in [0.25, 0.3) is 47.3 Å². The molecular formula is C76H120N16O24. The lowest BCUT2D eigenvalue weighted by Crippen LogP contribution is -2.41. The van der Waals surface area contributed by atoms with Crippen LogP contribution < -0.4 is 42.5 Å². The maximum atomic E-state index is 12.2. The summed E-state index contributed by atoms with van der Waals surface area (Å²) >= 11 is 0. The van der Waals surface area contributed by atoms with E-state index in [1.165, 1.54) is 0 Å². The molecule has 0 saturated carbocycles. The van der Waals surface area contributed by atoms with E-state index in [1.54, 1.807) is 19.6 Å². The van der Waals surface area contributed by atoms with Gasteiger partial charge in [-0.3, -0.25) is 96.3 Å². The molecule has 8 N–H and O–H groups in total. The van der Waals surface area contributed by atoms with Crippen molar-refractivity contribution in [1.82, 2.24) is 82.4 Å². The molecule has 4 unspecified atom stereocenters. The number of nitrogens with zero attached hydrogens (tertiary/aromatic N) is 8. The summed E-state index contributed by atoms with van der Waals surface area (Å²) < 4.78 is 151. The Labute approximate surface area is 703 Å². The zero-order valence-corrected chi connectivity index (χ0v) is 64.8. The standard InChI is InChI=1S/4C19H30N4O6/c4*1-2-4-14-5-3-12-22(14)13-16(25)21-10-8-15(24)20-11-9-19(28)29-23-17(26)6-7-18(23)27/h4*14H,2-13H2,1H3,(H,20,24)(H,21,25)/i1D3,2+1D2,3+1,4+1,5+1,12+1,13+1,14+1,19+1,22+1;1D3,2+1D2,3+1,4+1,5+1,12+1,13+1,14+1,16+1,19+1;1+1D3,2+1D2,3+1,4+1,5+1,12+1,13+1,14+1,22+1;1+1D3,2+1D2,3+1,4+1,5+1,12+1,13+1,14+1,19+1. The fourth-order valence-corrected chi connectivity index (χ4v) is 12.8. The van der Waals surface area contributed by atoms with Crippen molar-refractivity contribution in [2.75, 3.05) is 105 Å². The van der Waals surface area contributed by atoms with Crippen molar-refractivity contribution >= 4 is 118 Å². The number of carbonyl (C=O) groups excluding carboxylic acids is 20. The third kappa shape index (κ3) is 36.5. The smallest absolute Gasteiger partial charge is 0.334 e. The third-order valence-electron chi connectivity index (χ3n) is 18.8. The van der Waals surface area contributed by atoms with Crippen molar-refractivity contribution in [3.63, 3.8) is 0 Å². The number of hydrogen-bond acceptors (Lipinski definition) is 28. The molecule has 0 spiro atoms. The summed E-state index contributed by atoms with van der Waals surface area (Å²) in [6, 6.07) is -1.41. The van der Waals surface area contributed by atoms with E-state index in [4.69, 9.17) is 27.4 Å². The number of likely N-dealkylation sites (tertiary alicyclic amines) is 4. The highest BCUT2D eigenvalue weighted by molar-refractivity contribution is 6.04. The van der Waals surface area contributed by atoms with Crippen LogP contribution in [0.25, 0.3) is 0 Å². The quantitative estimate of drug-likeness (QED) is 0.0216. The van der Waals surface area contributed by atoms with Gasteiger partial charge < -0.3 is 61.9 Å². The summed E-state index contributed by atoms with van der Waals surface area (Å²) in [6.45, 7) is -8.93. The Hall–Kier alpha value is -9.96. The highest BCUT2D eigenvalue weighted by Gasteiger charge is 2.37. The lowest BCUT2D eigenvalue weighted by molar-refractivity contribution is -0.197. The molecule has 8 fully saturated rings. The minimum absolute atomic E-state index is 0.00947. The predicted molar refractivity (Wildman–Crippen MR) is 408 cm³/mol. The maximum absolute atomic E-state index is 12.2. The first-order chi connectivity index (χ1) is 63.2. The fraction of sp³-hybridized carbons (Fsp3) is 0.737. The van der Waals surface area contributed by atoms with E-state index in [0.717, 1.165) is 25.7 Å². The van der Waals surface area contributed by atoms with Crippen LogP contribution in [-0.2, 0) is 115 Å². The zero-order valence-electron chi connectivity index (χ0n) is 84.8. The second-order valence-electron chi connectivity index (χ2n) is 27.6. The Bertz CT molecular complexity index is 3680. The topological polar surface area (TPSA) is 500 Å². The molecule has 8 aliphatic heterocycles. The van der Waals surface area contributed by atoms with Gasteiger partial charge in [-0.25, -0.2) is 19.2 Å². The molecule has 8 heterocycles. The van der Waals surface area contributed by atoms with E-state index in [2.05, 4.69) is 61.9 Å². The summed E-state index contributed by atoms with van der Waals surface area (Å²) in [5.74, 6) is -11.2. The maximum Gasteiger partial charge on any atom is 0.334 e.